The minimum atomic E-state index is -1.32. The van der Waals surface area contributed by atoms with Crippen molar-refractivity contribution in [1.29, 1.82) is 0 Å². The summed E-state index contributed by atoms with van der Waals surface area (Å²) in [6, 6.07) is -0.757. The van der Waals surface area contributed by atoms with Gasteiger partial charge >= 0.3 is 11.9 Å². The summed E-state index contributed by atoms with van der Waals surface area (Å²) in [5.41, 5.74) is 0.688. The fraction of sp³-hybridized carbons (Fsp3) is 0.814. The van der Waals surface area contributed by atoms with Crippen LogP contribution in [0, 0.1) is 23.7 Å². The highest BCUT2D eigenvalue weighted by Crippen LogP contribution is 2.35. The number of allylic oxidation sites excluding steroid dienone is 3. The molecule has 0 saturated carbocycles. The van der Waals surface area contributed by atoms with E-state index in [4.69, 9.17) is 47.4 Å². The Morgan fingerprint density at radius 3 is 2.08 bits per heavy atom. The average molecular weight is 858 g/mol. The predicted molar refractivity (Wildman–Crippen MR) is 216 cm³/mol. The van der Waals surface area contributed by atoms with E-state index in [0.717, 1.165) is 0 Å². The number of cyclic esters (lactones) is 1. The zero-order valence-electron chi connectivity index (χ0n) is 37.6. The fourth-order valence-electron chi connectivity index (χ4n) is 8.39. The summed E-state index contributed by atoms with van der Waals surface area (Å²) >= 11 is 0. The number of ether oxygens (including phenoxy) is 10. The Morgan fingerprint density at radius 2 is 1.52 bits per heavy atom. The van der Waals surface area contributed by atoms with E-state index in [1.54, 1.807) is 52.8 Å². The van der Waals surface area contributed by atoms with E-state index < -0.39 is 128 Å². The molecule has 3 rings (SSSR count). The van der Waals surface area contributed by atoms with E-state index in [1.807, 2.05) is 19.9 Å². The Bertz CT molecular complexity index is 1450. The molecule has 3 heterocycles. The van der Waals surface area contributed by atoms with Crippen molar-refractivity contribution >= 4 is 23.5 Å². The van der Waals surface area contributed by atoms with Crippen LogP contribution in [-0.2, 0) is 66.5 Å². The summed E-state index contributed by atoms with van der Waals surface area (Å²) < 4.78 is 59.1. The second kappa shape index (κ2) is 24.2. The fourth-order valence-corrected chi connectivity index (χ4v) is 8.39. The maximum absolute atomic E-state index is 14.2. The quantitative estimate of drug-likeness (QED) is 0.146. The van der Waals surface area contributed by atoms with Gasteiger partial charge in [0.25, 0.3) is 0 Å². The molecule has 344 valence electrons. The van der Waals surface area contributed by atoms with E-state index in [0.29, 0.717) is 12.0 Å². The smallest absolute Gasteiger partial charge is 0.313 e. The van der Waals surface area contributed by atoms with Crippen molar-refractivity contribution in [3.63, 3.8) is 0 Å². The molecule has 0 aromatic carbocycles. The molecule has 2 N–H and O–H groups in total. The van der Waals surface area contributed by atoms with Gasteiger partial charge in [0.15, 0.2) is 30.8 Å². The molecular formula is C43H71NO16. The monoisotopic (exact) mass is 857 g/mol. The van der Waals surface area contributed by atoms with Gasteiger partial charge in [-0.15, -0.1) is 0 Å². The second-order valence-corrected chi connectivity index (χ2v) is 16.5. The minimum Gasteiger partial charge on any atom is -0.461 e. The van der Waals surface area contributed by atoms with Gasteiger partial charge in [-0.25, -0.2) is 0 Å². The number of hydrogen-bond donors (Lipinski definition) is 2. The number of methoxy groups -OCH3 is 4. The topological polar surface area (TPSA) is 204 Å². The summed E-state index contributed by atoms with van der Waals surface area (Å²) in [6.45, 7) is 11.7. The van der Waals surface area contributed by atoms with Crippen LogP contribution in [0.15, 0.2) is 23.8 Å². The number of rotatable bonds is 14. The van der Waals surface area contributed by atoms with Crippen LogP contribution in [0.5, 0.6) is 0 Å². The molecule has 60 heavy (non-hydrogen) atoms. The lowest BCUT2D eigenvalue weighted by Crippen LogP contribution is -2.63. The molecule has 0 spiro atoms. The Morgan fingerprint density at radius 1 is 0.883 bits per heavy atom. The minimum absolute atomic E-state index is 0.0277. The Balaban J connectivity index is 2.02. The highest BCUT2D eigenvalue weighted by molar-refractivity contribution is 5.97. The van der Waals surface area contributed by atoms with E-state index in [9.17, 15) is 29.4 Å². The van der Waals surface area contributed by atoms with Crippen molar-refractivity contribution in [2.45, 2.75) is 154 Å². The lowest BCUT2D eigenvalue weighted by molar-refractivity contribution is -0.306. The first kappa shape index (κ1) is 51.7. The molecule has 3 aliphatic heterocycles. The van der Waals surface area contributed by atoms with Gasteiger partial charge in [-0.1, -0.05) is 38.5 Å². The third-order valence-corrected chi connectivity index (χ3v) is 11.8. The van der Waals surface area contributed by atoms with Gasteiger partial charge < -0.3 is 62.5 Å². The van der Waals surface area contributed by atoms with Crippen molar-refractivity contribution in [2.75, 3.05) is 49.1 Å². The number of likely N-dealkylation sites (N-methyl/N-ethyl adjacent to an activating group) is 1. The van der Waals surface area contributed by atoms with Gasteiger partial charge in [-0.05, 0) is 59.7 Å². The first-order valence-corrected chi connectivity index (χ1v) is 20.8. The third kappa shape index (κ3) is 13.7. The second-order valence-electron chi connectivity index (χ2n) is 16.5. The molecule has 17 nitrogen and oxygen atoms in total. The van der Waals surface area contributed by atoms with Gasteiger partial charge in [0, 0.05) is 59.5 Å². The van der Waals surface area contributed by atoms with Crippen LogP contribution in [0.2, 0.25) is 0 Å². The summed E-state index contributed by atoms with van der Waals surface area (Å²) in [6.07, 6.45) is -5.56. The molecule has 6 unspecified atom stereocenters. The van der Waals surface area contributed by atoms with Crippen LogP contribution in [0.1, 0.15) is 74.1 Å². The molecular weight excluding hydrogens is 786 g/mol. The molecule has 0 aliphatic carbocycles. The van der Waals surface area contributed by atoms with E-state index in [2.05, 4.69) is 0 Å². The number of carbonyl (C=O) groups excluding carboxylic acids is 4. The highest BCUT2D eigenvalue weighted by Gasteiger charge is 2.49. The number of hydrogen-bond acceptors (Lipinski definition) is 17. The van der Waals surface area contributed by atoms with Crippen molar-refractivity contribution in [2.24, 2.45) is 23.7 Å². The van der Waals surface area contributed by atoms with Crippen molar-refractivity contribution < 1.29 is 76.8 Å². The molecule has 0 radical (unpaired) electrons. The molecule has 3 aliphatic rings. The third-order valence-electron chi connectivity index (χ3n) is 11.8. The first-order valence-electron chi connectivity index (χ1n) is 20.8. The number of aliphatic hydroxyl groups excluding tert-OH is 2. The lowest BCUT2D eigenvalue weighted by atomic mass is 9.79. The summed E-state index contributed by atoms with van der Waals surface area (Å²) in [7, 11) is 9.34. The van der Waals surface area contributed by atoms with Gasteiger partial charge in [-0.2, -0.15) is 0 Å². The molecule has 17 heteroatoms. The van der Waals surface area contributed by atoms with Gasteiger partial charge in [0.05, 0.1) is 37.1 Å². The number of aliphatic hydroxyl groups is 2. The largest absolute Gasteiger partial charge is 0.461 e. The van der Waals surface area contributed by atoms with Gasteiger partial charge in [0.1, 0.15) is 36.6 Å². The van der Waals surface area contributed by atoms with Crippen molar-refractivity contribution in [3.05, 3.63) is 23.8 Å². The zero-order valence-corrected chi connectivity index (χ0v) is 37.6. The Hall–Kier alpha value is -2.68. The average Bonchev–Trinajstić information content (AvgIpc) is 3.19. The number of Topliss-reactive ketones (excluding diaryl/α,β-unsaturated/α-hetero) is 1. The van der Waals surface area contributed by atoms with Crippen LogP contribution in [0.3, 0.4) is 0 Å². The van der Waals surface area contributed by atoms with Crippen LogP contribution in [0.25, 0.3) is 0 Å². The Kier molecular flexibility index (Phi) is 20.9. The Labute approximate surface area is 355 Å². The number of ketones is 2. The van der Waals surface area contributed by atoms with Crippen LogP contribution >= 0.6 is 0 Å². The standard InChI is InChI=1S/C43H71NO16/c1-14-32-29(21-55-43-41(54-13)40(53-12)39(26(6)57-43)58-27(7)45)17-22(2)15-16-30(46)23(3)18-28(19-34(51-10)52-11)38(24(4)31(47)20-33(48)59-32)60-42-37(50)35(44(8)9)36(49)25(5)56-42/h15-17,23-26,28-29,32,34-43,49-50H,14,18-21H2,1-13H3/b16-15+,22-17+/t23?,24?,25-,26-,28?,29?,32?,35+,36-,37-,38?,39-,40-,41+,42+,43-/m1/s1. The lowest BCUT2D eigenvalue weighted by Gasteiger charge is -2.46. The SMILES string of the molecule is CCC1OC(=O)CC(=O)C(C)C(O[C@@H]2O[C@H](C)[C@@H](O)[C@H](N(C)C)[C@H]2O)C(CC(OC)OC)CC(C)C(=O)/C=C/C(C)=C/C1CO[C@@H]1O[C@H](C)[C@@H](OC(C)=O)[C@@H](OC)[C@@H]1OC. The molecule has 0 amide bonds. The highest BCUT2D eigenvalue weighted by atomic mass is 16.7. The van der Waals surface area contributed by atoms with Gasteiger partial charge in [0.2, 0.25) is 0 Å². The first-order chi connectivity index (χ1) is 28.3. The molecule has 2 fully saturated rings. The van der Waals surface area contributed by atoms with Crippen LogP contribution < -0.4 is 0 Å². The molecule has 0 aromatic rings. The van der Waals surface area contributed by atoms with E-state index in [-0.39, 0.29) is 25.2 Å². The van der Waals surface area contributed by atoms with Crippen molar-refractivity contribution in [1.82, 2.24) is 4.90 Å². The summed E-state index contributed by atoms with van der Waals surface area (Å²) in [5.74, 6) is -4.64. The normalized spacial score (nSPS) is 39.3. The van der Waals surface area contributed by atoms with Crippen molar-refractivity contribution in [3.8, 4) is 0 Å². The molecule has 2 saturated heterocycles. The summed E-state index contributed by atoms with van der Waals surface area (Å²) in [4.78, 5) is 55.3. The van der Waals surface area contributed by atoms with E-state index >= 15 is 0 Å². The molecule has 0 bridgehead atoms. The number of nitrogens with zero attached hydrogens (tertiary/aromatic N) is 1. The number of esters is 2. The number of carbonyl (C=O) groups is 4. The van der Waals surface area contributed by atoms with Crippen LogP contribution in [0.4, 0.5) is 0 Å². The van der Waals surface area contributed by atoms with Crippen LogP contribution in [-0.4, -0.2) is 168 Å². The summed E-state index contributed by atoms with van der Waals surface area (Å²) in [5, 5.41) is 22.4. The van der Waals surface area contributed by atoms with E-state index in [1.165, 1.54) is 41.4 Å². The zero-order chi connectivity index (χ0) is 45.0. The molecule has 16 atom stereocenters. The van der Waals surface area contributed by atoms with Gasteiger partial charge in [-0.3, -0.25) is 19.2 Å². The maximum atomic E-state index is 14.2. The molecule has 0 aromatic heterocycles. The maximum Gasteiger partial charge on any atom is 0.313 e. The predicted octanol–water partition coefficient (Wildman–Crippen LogP) is 2.76.